The Bertz CT molecular complexity index is 923. The van der Waals surface area contributed by atoms with Crippen LogP contribution in [0.15, 0.2) is 23.8 Å². The molecule has 194 valence electrons. The monoisotopic (exact) mass is 483 g/mol. The number of carbonyl (C=O) groups is 2. The summed E-state index contributed by atoms with van der Waals surface area (Å²) in [6, 6.07) is -0.525. The molecule has 0 radical (unpaired) electrons. The van der Waals surface area contributed by atoms with Gasteiger partial charge in [0.15, 0.2) is 0 Å². The minimum Gasteiger partial charge on any atom is -0.461 e. The lowest BCUT2D eigenvalue weighted by atomic mass is 9.45. The van der Waals surface area contributed by atoms with Crippen molar-refractivity contribution in [1.82, 2.24) is 0 Å². The summed E-state index contributed by atoms with van der Waals surface area (Å²) < 4.78 is 11.5. The Balaban J connectivity index is 1.29. The number of rotatable bonds is 4. The van der Waals surface area contributed by atoms with Gasteiger partial charge in [-0.05, 0) is 98.7 Å². The molecule has 3 saturated carbocycles. The van der Waals surface area contributed by atoms with E-state index in [1.165, 1.54) is 25.7 Å². The van der Waals surface area contributed by atoms with E-state index in [0.717, 1.165) is 25.7 Å². The van der Waals surface area contributed by atoms with Crippen LogP contribution in [0.4, 0.5) is 0 Å². The number of cyclic esters (lactones) is 1. The van der Waals surface area contributed by atoms with Crippen molar-refractivity contribution in [3.05, 3.63) is 23.8 Å². The van der Waals surface area contributed by atoms with Gasteiger partial charge in [0, 0.05) is 12.0 Å². The molecule has 0 amide bonds. The van der Waals surface area contributed by atoms with E-state index >= 15 is 0 Å². The van der Waals surface area contributed by atoms with Crippen LogP contribution in [-0.4, -0.2) is 30.2 Å². The number of carbonyl (C=O) groups excluding carboxylic acids is 2. The summed E-state index contributed by atoms with van der Waals surface area (Å²) in [5.41, 5.74) is 8.28. The largest absolute Gasteiger partial charge is 0.461 e. The molecule has 1 aliphatic heterocycles. The van der Waals surface area contributed by atoms with Crippen molar-refractivity contribution in [2.24, 2.45) is 52.1 Å². The predicted molar refractivity (Wildman–Crippen MR) is 136 cm³/mol. The number of nitrogens with two attached hydrogens (primary N) is 1. The van der Waals surface area contributed by atoms with Crippen molar-refractivity contribution < 1.29 is 19.1 Å². The lowest BCUT2D eigenvalue weighted by Gasteiger charge is -2.60. The maximum Gasteiger partial charge on any atom is 0.330 e. The Morgan fingerprint density at radius 1 is 1.14 bits per heavy atom. The standard InChI is InChI=1S/C30H45NO4/c1-17(2)27(31)28(33)35-20-12-14-29(4)19(16-20)6-7-22-24-10-9-23(30(24,5)15-13-25(22)29)21-8-11-26(32)34-18(21)3/h8,10-11,17-23,25,27H,6-7,9,12-16,31H2,1-5H3. The van der Waals surface area contributed by atoms with Crippen LogP contribution in [-0.2, 0) is 19.1 Å². The molecule has 5 aliphatic rings. The molecule has 3 fully saturated rings. The average molecular weight is 484 g/mol. The van der Waals surface area contributed by atoms with Crippen molar-refractivity contribution in [2.75, 3.05) is 0 Å². The van der Waals surface area contributed by atoms with Gasteiger partial charge < -0.3 is 15.2 Å². The number of esters is 2. The Hall–Kier alpha value is -1.62. The fourth-order valence-electron chi connectivity index (χ4n) is 8.89. The summed E-state index contributed by atoms with van der Waals surface area (Å²) in [6.07, 6.45) is 15.5. The van der Waals surface area contributed by atoms with E-state index in [0.29, 0.717) is 35.0 Å². The van der Waals surface area contributed by atoms with Crippen LogP contribution in [0.1, 0.15) is 86.0 Å². The fourth-order valence-corrected chi connectivity index (χ4v) is 8.89. The number of hydrogen-bond acceptors (Lipinski definition) is 5. The van der Waals surface area contributed by atoms with Crippen molar-refractivity contribution >= 4 is 11.9 Å². The van der Waals surface area contributed by atoms with Crippen molar-refractivity contribution in [2.45, 2.75) is 104 Å². The molecular weight excluding hydrogens is 438 g/mol. The third-order valence-electron chi connectivity index (χ3n) is 11.1. The molecule has 1 heterocycles. The second-order valence-corrected chi connectivity index (χ2v) is 13.1. The summed E-state index contributed by atoms with van der Waals surface area (Å²) in [4.78, 5) is 24.2. The van der Waals surface area contributed by atoms with Gasteiger partial charge in [-0.3, -0.25) is 4.79 Å². The Morgan fingerprint density at radius 3 is 2.63 bits per heavy atom. The lowest BCUT2D eigenvalue weighted by molar-refractivity contribution is -0.160. The third-order valence-corrected chi connectivity index (χ3v) is 11.1. The highest BCUT2D eigenvalue weighted by Crippen LogP contribution is 2.67. The molecule has 5 heteroatoms. The van der Waals surface area contributed by atoms with Gasteiger partial charge in [0.2, 0.25) is 0 Å². The number of fused-ring (bicyclic) bond motifs is 5. The Morgan fingerprint density at radius 2 is 1.91 bits per heavy atom. The predicted octanol–water partition coefficient (Wildman–Crippen LogP) is 5.58. The number of ether oxygens (including phenoxy) is 2. The highest BCUT2D eigenvalue weighted by molar-refractivity contribution is 5.83. The molecule has 10 atom stereocenters. The van der Waals surface area contributed by atoms with E-state index in [1.54, 1.807) is 11.6 Å². The Kier molecular flexibility index (Phi) is 6.47. The minimum atomic E-state index is -0.525. The molecule has 5 nitrogen and oxygen atoms in total. The summed E-state index contributed by atoms with van der Waals surface area (Å²) >= 11 is 0. The highest BCUT2D eigenvalue weighted by atomic mass is 16.5. The van der Waals surface area contributed by atoms with Gasteiger partial charge in [0.25, 0.3) is 0 Å². The van der Waals surface area contributed by atoms with Crippen molar-refractivity contribution in [1.29, 1.82) is 0 Å². The van der Waals surface area contributed by atoms with E-state index < -0.39 is 6.04 Å². The smallest absolute Gasteiger partial charge is 0.330 e. The molecular formula is C30H45NO4. The highest BCUT2D eigenvalue weighted by Gasteiger charge is 2.59. The van der Waals surface area contributed by atoms with Crippen LogP contribution < -0.4 is 5.73 Å². The molecule has 35 heavy (non-hydrogen) atoms. The van der Waals surface area contributed by atoms with Gasteiger partial charge in [0.05, 0.1) is 0 Å². The second kappa shape index (κ2) is 9.04. The number of hydrogen-bond donors (Lipinski definition) is 1. The summed E-state index contributed by atoms with van der Waals surface area (Å²) in [5.74, 6) is 2.49. The van der Waals surface area contributed by atoms with Crippen LogP contribution in [0.25, 0.3) is 0 Å². The molecule has 0 saturated heterocycles. The molecule has 0 aromatic heterocycles. The number of allylic oxidation sites excluding steroid dienone is 2. The zero-order chi connectivity index (χ0) is 25.1. The van der Waals surface area contributed by atoms with Crippen molar-refractivity contribution in [3.8, 4) is 0 Å². The van der Waals surface area contributed by atoms with Crippen LogP contribution in [0, 0.1) is 46.3 Å². The van der Waals surface area contributed by atoms with E-state index in [4.69, 9.17) is 15.2 Å². The Labute approximate surface area is 211 Å². The quantitative estimate of drug-likeness (QED) is 0.417. The SMILES string of the molecule is CC(C)C(N)C(=O)OC1CCC2(C)C(CCC3C4=CCC(C5C=CC(=O)OC5C)C4(C)CCC32)C1. The molecule has 5 rings (SSSR count). The third kappa shape index (κ3) is 4.10. The van der Waals surface area contributed by atoms with Crippen LogP contribution in [0.5, 0.6) is 0 Å². The summed E-state index contributed by atoms with van der Waals surface area (Å²) in [5, 5.41) is 0. The first-order valence-electron chi connectivity index (χ1n) is 14.1. The first kappa shape index (κ1) is 25.0. The molecule has 2 N–H and O–H groups in total. The molecule has 0 bridgehead atoms. The van der Waals surface area contributed by atoms with E-state index in [-0.39, 0.29) is 35.5 Å². The normalized spacial score (nSPS) is 45.6. The topological polar surface area (TPSA) is 78.6 Å². The van der Waals surface area contributed by atoms with Gasteiger partial charge in [0.1, 0.15) is 18.2 Å². The van der Waals surface area contributed by atoms with Gasteiger partial charge in [-0.2, -0.15) is 0 Å². The molecule has 0 aromatic rings. The van der Waals surface area contributed by atoms with Gasteiger partial charge in [-0.25, -0.2) is 4.79 Å². The molecule has 10 unspecified atom stereocenters. The summed E-state index contributed by atoms with van der Waals surface area (Å²) in [7, 11) is 0. The lowest BCUT2D eigenvalue weighted by Crippen LogP contribution is -2.53. The minimum absolute atomic E-state index is 0.0214. The molecule has 0 aromatic carbocycles. The van der Waals surface area contributed by atoms with E-state index in [2.05, 4.69) is 32.9 Å². The van der Waals surface area contributed by atoms with Gasteiger partial charge >= 0.3 is 11.9 Å². The molecule has 4 aliphatic carbocycles. The molecule has 0 spiro atoms. The fraction of sp³-hybridized carbons (Fsp3) is 0.800. The maximum absolute atomic E-state index is 12.5. The van der Waals surface area contributed by atoms with Crippen LogP contribution >= 0.6 is 0 Å². The first-order valence-corrected chi connectivity index (χ1v) is 14.1. The zero-order valence-corrected chi connectivity index (χ0v) is 22.3. The average Bonchev–Trinajstić information content (AvgIpc) is 3.15. The van der Waals surface area contributed by atoms with E-state index in [1.807, 2.05) is 13.8 Å². The zero-order valence-electron chi connectivity index (χ0n) is 22.3. The van der Waals surface area contributed by atoms with Gasteiger partial charge in [-0.1, -0.05) is 45.4 Å². The van der Waals surface area contributed by atoms with Crippen molar-refractivity contribution in [3.63, 3.8) is 0 Å². The van der Waals surface area contributed by atoms with Crippen LogP contribution in [0.3, 0.4) is 0 Å². The summed E-state index contributed by atoms with van der Waals surface area (Å²) in [6.45, 7) is 11.0. The second-order valence-electron chi connectivity index (χ2n) is 13.1. The maximum atomic E-state index is 12.5. The van der Waals surface area contributed by atoms with Crippen LogP contribution in [0.2, 0.25) is 0 Å². The first-order chi connectivity index (χ1) is 16.5. The van der Waals surface area contributed by atoms with Gasteiger partial charge in [-0.15, -0.1) is 0 Å². The van der Waals surface area contributed by atoms with E-state index in [9.17, 15) is 9.59 Å².